The van der Waals surface area contributed by atoms with Crippen molar-refractivity contribution in [2.75, 3.05) is 29.9 Å². The Labute approximate surface area is 159 Å². The summed E-state index contributed by atoms with van der Waals surface area (Å²) in [4.78, 5) is 25.7. The van der Waals surface area contributed by atoms with Gasteiger partial charge in [0.1, 0.15) is 5.75 Å². The van der Waals surface area contributed by atoms with Crippen molar-refractivity contribution < 1.29 is 14.3 Å². The van der Waals surface area contributed by atoms with Gasteiger partial charge >= 0.3 is 6.03 Å². The summed E-state index contributed by atoms with van der Waals surface area (Å²) in [5, 5.41) is 5.63. The molecule has 1 fully saturated rings. The molecule has 3 amide bonds. The third-order valence-corrected chi connectivity index (χ3v) is 4.37. The van der Waals surface area contributed by atoms with Crippen molar-refractivity contribution >= 4 is 23.3 Å². The Morgan fingerprint density at radius 2 is 1.85 bits per heavy atom. The lowest BCUT2D eigenvalue weighted by Gasteiger charge is -2.14. The number of urea groups is 1. The molecular formula is C21H25N3O3. The number of nitrogens with zero attached hydrogens (tertiary/aromatic N) is 1. The van der Waals surface area contributed by atoms with E-state index < -0.39 is 0 Å². The molecule has 0 aliphatic carbocycles. The van der Waals surface area contributed by atoms with E-state index >= 15 is 0 Å². The molecule has 1 aliphatic heterocycles. The van der Waals surface area contributed by atoms with Gasteiger partial charge in [0.25, 0.3) is 5.91 Å². The Hall–Kier alpha value is -3.02. The molecule has 0 spiro atoms. The van der Waals surface area contributed by atoms with Crippen molar-refractivity contribution in [2.24, 2.45) is 5.92 Å². The molecule has 6 heteroatoms. The summed E-state index contributed by atoms with van der Waals surface area (Å²) in [5.74, 6) is 1.18. The normalized spacial score (nSPS) is 13.6. The van der Waals surface area contributed by atoms with Crippen LogP contribution in [0.15, 0.2) is 48.5 Å². The minimum Gasteiger partial charge on any atom is -0.494 e. The number of nitrogens with one attached hydrogen (secondary N) is 2. The van der Waals surface area contributed by atoms with Gasteiger partial charge in [-0.3, -0.25) is 9.69 Å². The van der Waals surface area contributed by atoms with Gasteiger partial charge in [-0.25, -0.2) is 4.79 Å². The number of benzene rings is 2. The highest BCUT2D eigenvalue weighted by Gasteiger charge is 2.20. The van der Waals surface area contributed by atoms with Gasteiger partial charge in [-0.15, -0.1) is 0 Å². The molecule has 2 aromatic carbocycles. The van der Waals surface area contributed by atoms with Gasteiger partial charge in [0.05, 0.1) is 6.61 Å². The second-order valence-corrected chi connectivity index (χ2v) is 6.94. The van der Waals surface area contributed by atoms with Gasteiger partial charge in [-0.05, 0) is 60.9 Å². The number of carbonyl (C=O) groups is 2. The number of carbonyl (C=O) groups excluding carboxylic acids is 2. The van der Waals surface area contributed by atoms with E-state index in [0.29, 0.717) is 36.9 Å². The molecule has 2 N–H and O–H groups in total. The van der Waals surface area contributed by atoms with E-state index in [9.17, 15) is 9.59 Å². The van der Waals surface area contributed by atoms with Crippen LogP contribution in [0.5, 0.6) is 5.75 Å². The Morgan fingerprint density at radius 3 is 2.44 bits per heavy atom. The van der Waals surface area contributed by atoms with E-state index in [1.165, 1.54) is 0 Å². The van der Waals surface area contributed by atoms with Crippen molar-refractivity contribution in [2.45, 2.75) is 20.3 Å². The van der Waals surface area contributed by atoms with Crippen LogP contribution in [0.25, 0.3) is 0 Å². The maximum atomic E-state index is 12.4. The maximum Gasteiger partial charge on any atom is 0.321 e. The predicted octanol–water partition coefficient (Wildman–Crippen LogP) is 3.89. The first-order valence-corrected chi connectivity index (χ1v) is 9.22. The van der Waals surface area contributed by atoms with Gasteiger partial charge in [-0.2, -0.15) is 0 Å². The number of rotatable bonds is 7. The average molecular weight is 367 g/mol. The molecule has 6 nitrogen and oxygen atoms in total. The molecule has 27 heavy (non-hydrogen) atoms. The fourth-order valence-electron chi connectivity index (χ4n) is 2.76. The Kier molecular flexibility index (Phi) is 5.96. The maximum absolute atomic E-state index is 12.4. The molecule has 0 atom stereocenters. The van der Waals surface area contributed by atoms with E-state index in [1.807, 2.05) is 24.3 Å². The SMILES string of the molecule is CC(C)CCOc1ccc(C(=O)Nc2ccc(N3CCNC3=O)cc2)cc1. The van der Waals surface area contributed by atoms with Crippen LogP contribution in [0, 0.1) is 5.92 Å². The van der Waals surface area contributed by atoms with Gasteiger partial charge < -0.3 is 15.4 Å². The summed E-state index contributed by atoms with van der Waals surface area (Å²) in [6.45, 7) is 6.28. The summed E-state index contributed by atoms with van der Waals surface area (Å²) in [5.41, 5.74) is 2.06. The third kappa shape index (κ3) is 5.00. The molecule has 142 valence electrons. The fourth-order valence-corrected chi connectivity index (χ4v) is 2.76. The standard InChI is InChI=1S/C21H25N3O3/c1-15(2)11-14-27-19-9-3-16(4-10-19)20(25)23-17-5-7-18(8-6-17)24-13-12-22-21(24)26/h3-10,15H,11-14H2,1-2H3,(H,22,26)(H,23,25). The number of anilines is 2. The zero-order chi connectivity index (χ0) is 19.2. The largest absolute Gasteiger partial charge is 0.494 e. The topological polar surface area (TPSA) is 70.7 Å². The molecule has 1 heterocycles. The van der Waals surface area contributed by atoms with Crippen LogP contribution < -0.4 is 20.3 Å². The van der Waals surface area contributed by atoms with Gasteiger partial charge in [0, 0.05) is 30.0 Å². The predicted molar refractivity (Wildman–Crippen MR) is 107 cm³/mol. The van der Waals surface area contributed by atoms with E-state index in [1.54, 1.807) is 29.2 Å². The first-order valence-electron chi connectivity index (χ1n) is 9.22. The fraction of sp³-hybridized carbons (Fsp3) is 0.333. The Morgan fingerprint density at radius 1 is 1.15 bits per heavy atom. The highest BCUT2D eigenvalue weighted by Crippen LogP contribution is 2.20. The second kappa shape index (κ2) is 8.58. The minimum atomic E-state index is -0.185. The zero-order valence-electron chi connectivity index (χ0n) is 15.7. The quantitative estimate of drug-likeness (QED) is 0.780. The highest BCUT2D eigenvalue weighted by atomic mass is 16.5. The van der Waals surface area contributed by atoms with Gasteiger partial charge in [-0.1, -0.05) is 13.8 Å². The van der Waals surface area contributed by atoms with E-state index in [4.69, 9.17) is 4.74 Å². The van der Waals surface area contributed by atoms with Crippen LogP contribution in [0.3, 0.4) is 0 Å². The van der Waals surface area contributed by atoms with Crippen molar-refractivity contribution in [3.8, 4) is 5.75 Å². The molecule has 0 bridgehead atoms. The lowest BCUT2D eigenvalue weighted by molar-refractivity contribution is 0.102. The van der Waals surface area contributed by atoms with Crippen molar-refractivity contribution in [3.05, 3.63) is 54.1 Å². The second-order valence-electron chi connectivity index (χ2n) is 6.94. The lowest BCUT2D eigenvalue weighted by atomic mass is 10.1. The number of ether oxygens (including phenoxy) is 1. The highest BCUT2D eigenvalue weighted by molar-refractivity contribution is 6.04. The molecule has 3 rings (SSSR count). The monoisotopic (exact) mass is 367 g/mol. The Balaban J connectivity index is 1.56. The van der Waals surface area contributed by atoms with E-state index in [0.717, 1.165) is 17.9 Å². The zero-order valence-corrected chi connectivity index (χ0v) is 15.7. The van der Waals surface area contributed by atoms with Crippen LogP contribution in [0.4, 0.5) is 16.2 Å². The van der Waals surface area contributed by atoms with Crippen molar-refractivity contribution in [3.63, 3.8) is 0 Å². The van der Waals surface area contributed by atoms with Crippen molar-refractivity contribution in [1.29, 1.82) is 0 Å². The average Bonchev–Trinajstić information content (AvgIpc) is 3.08. The molecule has 2 aromatic rings. The molecule has 0 unspecified atom stereocenters. The van der Waals surface area contributed by atoms with Crippen LogP contribution in [-0.4, -0.2) is 31.6 Å². The van der Waals surface area contributed by atoms with Gasteiger partial charge in [0.15, 0.2) is 0 Å². The molecule has 1 aliphatic rings. The van der Waals surface area contributed by atoms with Crippen LogP contribution in [0.1, 0.15) is 30.6 Å². The van der Waals surface area contributed by atoms with Crippen LogP contribution >= 0.6 is 0 Å². The summed E-state index contributed by atoms with van der Waals surface area (Å²) >= 11 is 0. The number of hydrogen-bond donors (Lipinski definition) is 2. The van der Waals surface area contributed by atoms with Crippen LogP contribution in [0.2, 0.25) is 0 Å². The summed E-state index contributed by atoms with van der Waals surface area (Å²) < 4.78 is 5.67. The minimum absolute atomic E-state index is 0.0949. The van der Waals surface area contributed by atoms with Crippen LogP contribution in [-0.2, 0) is 0 Å². The number of amides is 3. The Bertz CT molecular complexity index is 785. The molecular weight excluding hydrogens is 342 g/mol. The third-order valence-electron chi connectivity index (χ3n) is 4.37. The summed E-state index contributed by atoms with van der Waals surface area (Å²) in [6.07, 6.45) is 0.997. The van der Waals surface area contributed by atoms with Crippen molar-refractivity contribution in [1.82, 2.24) is 5.32 Å². The molecule has 0 radical (unpaired) electrons. The lowest BCUT2D eigenvalue weighted by Crippen LogP contribution is -2.27. The van der Waals surface area contributed by atoms with Gasteiger partial charge in [0.2, 0.25) is 0 Å². The molecule has 0 aromatic heterocycles. The molecule has 0 saturated carbocycles. The first kappa shape index (κ1) is 18.8. The summed E-state index contributed by atoms with van der Waals surface area (Å²) in [7, 11) is 0. The number of hydrogen-bond acceptors (Lipinski definition) is 3. The smallest absolute Gasteiger partial charge is 0.321 e. The van der Waals surface area contributed by atoms with E-state index in [-0.39, 0.29) is 11.9 Å². The summed E-state index contributed by atoms with van der Waals surface area (Å²) in [6, 6.07) is 14.3. The molecule has 1 saturated heterocycles. The van der Waals surface area contributed by atoms with E-state index in [2.05, 4.69) is 24.5 Å². The first-order chi connectivity index (χ1) is 13.0.